The largest absolute Gasteiger partial charge is 0.327 e. The van der Waals surface area contributed by atoms with Crippen LogP contribution < -0.4 is 11.1 Å². The van der Waals surface area contributed by atoms with Crippen molar-refractivity contribution in [1.29, 1.82) is 0 Å². The Bertz CT molecular complexity index is 574. The van der Waals surface area contributed by atoms with Crippen molar-refractivity contribution in [3.05, 3.63) is 29.6 Å². The molecule has 4 heteroatoms. The van der Waals surface area contributed by atoms with E-state index >= 15 is 0 Å². The number of hydrogen-bond acceptors (Lipinski definition) is 3. The zero-order chi connectivity index (χ0) is 12.5. The van der Waals surface area contributed by atoms with Crippen molar-refractivity contribution in [1.82, 2.24) is 0 Å². The Morgan fingerprint density at radius 3 is 3.06 bits per heavy atom. The van der Waals surface area contributed by atoms with E-state index in [9.17, 15) is 4.79 Å². The average molecular weight is 260 g/mol. The number of thiophene rings is 1. The first-order valence-corrected chi connectivity index (χ1v) is 7.13. The number of hydrogen-bond donors (Lipinski definition) is 2. The number of nitrogens with one attached hydrogen (secondary N) is 1. The zero-order valence-corrected chi connectivity index (χ0v) is 10.9. The molecular weight excluding hydrogens is 244 g/mol. The van der Waals surface area contributed by atoms with Crippen LogP contribution in [0.1, 0.15) is 19.3 Å². The molecule has 0 radical (unpaired) electrons. The van der Waals surface area contributed by atoms with Gasteiger partial charge in [-0.1, -0.05) is 0 Å². The molecule has 2 aromatic rings. The lowest BCUT2D eigenvalue weighted by atomic mass is 10.1. The van der Waals surface area contributed by atoms with E-state index in [0.29, 0.717) is 12.3 Å². The van der Waals surface area contributed by atoms with Gasteiger partial charge in [0.05, 0.1) is 0 Å². The molecule has 0 aliphatic heterocycles. The molecule has 94 valence electrons. The Kier molecular flexibility index (Phi) is 3.06. The van der Waals surface area contributed by atoms with E-state index in [-0.39, 0.29) is 11.9 Å². The van der Waals surface area contributed by atoms with Crippen molar-refractivity contribution in [2.75, 3.05) is 5.32 Å². The highest BCUT2D eigenvalue weighted by atomic mass is 32.1. The van der Waals surface area contributed by atoms with Crippen LogP contribution in [0.4, 0.5) is 5.69 Å². The standard InChI is InChI=1S/C14H16N2OS/c15-12(9-1-2-9)8-14(17)16-11-3-4-13-10(7-11)5-6-18-13/h3-7,9,12H,1-2,8,15H2,(H,16,17). The predicted octanol–water partition coefficient (Wildman–Crippen LogP) is 2.97. The predicted molar refractivity (Wildman–Crippen MR) is 75.8 cm³/mol. The maximum Gasteiger partial charge on any atom is 0.225 e. The fraction of sp³-hybridized carbons (Fsp3) is 0.357. The monoisotopic (exact) mass is 260 g/mol. The van der Waals surface area contributed by atoms with Crippen LogP contribution >= 0.6 is 11.3 Å². The second-order valence-corrected chi connectivity index (χ2v) is 5.87. The molecule has 1 fully saturated rings. The summed E-state index contributed by atoms with van der Waals surface area (Å²) in [4.78, 5) is 11.8. The lowest BCUT2D eigenvalue weighted by Gasteiger charge is -2.10. The van der Waals surface area contributed by atoms with Crippen molar-refractivity contribution in [3.8, 4) is 0 Å². The lowest BCUT2D eigenvalue weighted by molar-refractivity contribution is -0.116. The van der Waals surface area contributed by atoms with E-state index < -0.39 is 0 Å². The van der Waals surface area contributed by atoms with Gasteiger partial charge in [0.15, 0.2) is 0 Å². The van der Waals surface area contributed by atoms with E-state index in [0.717, 1.165) is 5.69 Å². The van der Waals surface area contributed by atoms with Crippen molar-refractivity contribution < 1.29 is 4.79 Å². The molecule has 1 unspecified atom stereocenters. The number of amides is 1. The summed E-state index contributed by atoms with van der Waals surface area (Å²) < 4.78 is 1.24. The van der Waals surface area contributed by atoms with Gasteiger partial charge in [-0.05, 0) is 53.8 Å². The minimum absolute atomic E-state index is 0.0176. The average Bonchev–Trinajstić information content (AvgIpc) is 3.08. The molecular formula is C14H16N2OS. The number of rotatable bonds is 4. The van der Waals surface area contributed by atoms with Crippen LogP contribution in [-0.4, -0.2) is 11.9 Å². The summed E-state index contributed by atoms with van der Waals surface area (Å²) in [6, 6.07) is 8.07. The summed E-state index contributed by atoms with van der Waals surface area (Å²) in [5, 5.41) is 6.15. The first kappa shape index (κ1) is 11.7. The second-order valence-electron chi connectivity index (χ2n) is 4.93. The molecule has 1 aliphatic rings. The van der Waals surface area contributed by atoms with E-state index in [1.54, 1.807) is 11.3 Å². The zero-order valence-electron chi connectivity index (χ0n) is 10.1. The fourth-order valence-electron chi connectivity index (χ4n) is 2.16. The normalized spacial score (nSPS) is 16.7. The molecule has 0 bridgehead atoms. The van der Waals surface area contributed by atoms with Gasteiger partial charge in [0, 0.05) is 22.8 Å². The van der Waals surface area contributed by atoms with Crippen molar-refractivity contribution in [3.63, 3.8) is 0 Å². The molecule has 1 aromatic carbocycles. The number of nitrogens with two attached hydrogens (primary N) is 1. The molecule has 0 saturated heterocycles. The minimum atomic E-state index is 0.0176. The minimum Gasteiger partial charge on any atom is -0.327 e. The lowest BCUT2D eigenvalue weighted by Crippen LogP contribution is -2.28. The quantitative estimate of drug-likeness (QED) is 0.888. The summed E-state index contributed by atoms with van der Waals surface area (Å²) in [6.07, 6.45) is 2.77. The molecule has 1 heterocycles. The molecule has 3 N–H and O–H groups in total. The highest BCUT2D eigenvalue weighted by Gasteiger charge is 2.29. The van der Waals surface area contributed by atoms with Gasteiger partial charge in [0.2, 0.25) is 5.91 Å². The number of fused-ring (bicyclic) bond motifs is 1. The third-order valence-electron chi connectivity index (χ3n) is 3.38. The van der Waals surface area contributed by atoms with Crippen LogP contribution in [-0.2, 0) is 4.79 Å². The Morgan fingerprint density at radius 1 is 1.44 bits per heavy atom. The van der Waals surface area contributed by atoms with E-state index in [4.69, 9.17) is 5.73 Å². The molecule has 0 spiro atoms. The van der Waals surface area contributed by atoms with Crippen molar-refractivity contribution >= 4 is 33.0 Å². The summed E-state index contributed by atoms with van der Waals surface area (Å²) >= 11 is 1.71. The van der Waals surface area contributed by atoms with Gasteiger partial charge in [-0.3, -0.25) is 4.79 Å². The summed E-state index contributed by atoms with van der Waals surface area (Å²) in [7, 11) is 0. The summed E-state index contributed by atoms with van der Waals surface area (Å²) in [6.45, 7) is 0. The third-order valence-corrected chi connectivity index (χ3v) is 4.28. The Hall–Kier alpha value is -1.39. The van der Waals surface area contributed by atoms with Gasteiger partial charge in [-0.25, -0.2) is 0 Å². The van der Waals surface area contributed by atoms with E-state index in [1.807, 2.05) is 18.2 Å². The first-order valence-electron chi connectivity index (χ1n) is 6.25. The van der Waals surface area contributed by atoms with Gasteiger partial charge in [0.1, 0.15) is 0 Å². The van der Waals surface area contributed by atoms with Crippen LogP contribution in [0, 0.1) is 5.92 Å². The molecule has 3 nitrogen and oxygen atoms in total. The molecule has 18 heavy (non-hydrogen) atoms. The number of carbonyl (C=O) groups is 1. The van der Waals surface area contributed by atoms with Gasteiger partial charge >= 0.3 is 0 Å². The SMILES string of the molecule is NC(CC(=O)Nc1ccc2sccc2c1)C1CC1. The highest BCUT2D eigenvalue weighted by Crippen LogP contribution is 2.33. The van der Waals surface area contributed by atoms with Crippen LogP contribution in [0.25, 0.3) is 10.1 Å². The number of benzene rings is 1. The molecule has 1 saturated carbocycles. The maximum absolute atomic E-state index is 11.8. The molecule has 1 amide bonds. The van der Waals surface area contributed by atoms with Crippen LogP contribution in [0.3, 0.4) is 0 Å². The molecule has 1 aliphatic carbocycles. The number of carbonyl (C=O) groups excluding carboxylic acids is 1. The smallest absolute Gasteiger partial charge is 0.225 e. The topological polar surface area (TPSA) is 55.1 Å². The number of anilines is 1. The summed E-state index contributed by atoms with van der Waals surface area (Å²) in [5.41, 5.74) is 6.80. The van der Waals surface area contributed by atoms with Gasteiger partial charge < -0.3 is 11.1 Å². The van der Waals surface area contributed by atoms with Crippen LogP contribution in [0.2, 0.25) is 0 Å². The van der Waals surface area contributed by atoms with Gasteiger partial charge in [-0.15, -0.1) is 11.3 Å². The van der Waals surface area contributed by atoms with Crippen molar-refractivity contribution in [2.45, 2.75) is 25.3 Å². The van der Waals surface area contributed by atoms with Gasteiger partial charge in [-0.2, -0.15) is 0 Å². The Morgan fingerprint density at radius 2 is 2.28 bits per heavy atom. The van der Waals surface area contributed by atoms with Crippen molar-refractivity contribution in [2.24, 2.45) is 11.7 Å². The van der Waals surface area contributed by atoms with Crippen LogP contribution in [0.5, 0.6) is 0 Å². The molecule has 1 aromatic heterocycles. The summed E-state index contributed by atoms with van der Waals surface area (Å²) in [5.74, 6) is 0.582. The Labute approximate surface area is 110 Å². The highest BCUT2D eigenvalue weighted by molar-refractivity contribution is 7.17. The van der Waals surface area contributed by atoms with Gasteiger partial charge in [0.25, 0.3) is 0 Å². The first-order chi connectivity index (χ1) is 8.72. The van der Waals surface area contributed by atoms with E-state index in [2.05, 4.69) is 16.8 Å². The molecule has 3 rings (SSSR count). The van der Waals surface area contributed by atoms with Crippen LogP contribution in [0.15, 0.2) is 29.6 Å². The third kappa shape index (κ3) is 2.54. The second kappa shape index (κ2) is 4.71. The van der Waals surface area contributed by atoms with E-state index in [1.165, 1.54) is 22.9 Å². The molecule has 1 atom stereocenters. The maximum atomic E-state index is 11.8. The Balaban J connectivity index is 1.65. The fourth-order valence-corrected chi connectivity index (χ4v) is 2.93.